The Balaban J connectivity index is 0. The highest BCUT2D eigenvalue weighted by atomic mass is 16.2. The molecule has 1 saturated carbocycles. The molecule has 3 nitrogen and oxygen atoms in total. The first-order valence-corrected chi connectivity index (χ1v) is 4.33. The Kier molecular flexibility index (Phi) is 2.52. The summed E-state index contributed by atoms with van der Waals surface area (Å²) in [4.78, 5) is 11.5. The molecule has 0 spiro atoms. The first-order chi connectivity index (χ1) is 5.60. The van der Waals surface area contributed by atoms with Crippen LogP contribution in [0.25, 0.3) is 0 Å². The third-order valence-corrected chi connectivity index (χ3v) is 2.03. The largest absolute Gasteiger partial charge is 0.329 e. The van der Waals surface area contributed by atoms with Gasteiger partial charge in [-0.15, -0.1) is 0 Å². The number of amides is 1. The van der Waals surface area contributed by atoms with E-state index in [9.17, 15) is 4.79 Å². The van der Waals surface area contributed by atoms with E-state index in [1.54, 1.807) is 6.92 Å². The molecule has 0 unspecified atom stereocenters. The Morgan fingerprint density at radius 3 is 2.58 bits per heavy atom. The maximum atomic E-state index is 11.5. The van der Waals surface area contributed by atoms with Crippen LogP contribution in [-0.2, 0) is 4.79 Å². The van der Waals surface area contributed by atoms with Crippen LogP contribution < -0.4 is 10.6 Å². The second-order valence-corrected chi connectivity index (χ2v) is 3.35. The van der Waals surface area contributed by atoms with Crippen molar-refractivity contribution in [3.63, 3.8) is 0 Å². The van der Waals surface area contributed by atoms with Crippen LogP contribution in [0.2, 0.25) is 0 Å². The number of likely N-dealkylation sites (N-methyl/N-ethyl adjacent to an activating group) is 1. The molecule has 0 aliphatic heterocycles. The van der Waals surface area contributed by atoms with Crippen molar-refractivity contribution in [1.29, 1.82) is 0 Å². The molecule has 1 aliphatic carbocycles. The summed E-state index contributed by atoms with van der Waals surface area (Å²) in [5, 5.41) is 5.92. The summed E-state index contributed by atoms with van der Waals surface area (Å²) in [6, 6.07) is 0. The van der Waals surface area contributed by atoms with Crippen LogP contribution in [0, 0.1) is 0 Å². The average Bonchev–Trinajstić information content (AvgIpc) is 2.68. The topological polar surface area (TPSA) is 41.1 Å². The summed E-state index contributed by atoms with van der Waals surface area (Å²) in [5.74, 6) is 0.0665. The molecule has 0 radical (unpaired) electrons. The highest BCUT2D eigenvalue weighted by Gasteiger charge is 2.48. The smallest absolute Gasteiger partial charge is 0.244 e. The van der Waals surface area contributed by atoms with Gasteiger partial charge < -0.3 is 10.6 Å². The summed E-state index contributed by atoms with van der Waals surface area (Å²) in [6.45, 7) is 8.27. The van der Waals surface area contributed by atoms with E-state index in [-0.39, 0.29) is 14.3 Å². The van der Waals surface area contributed by atoms with Crippen molar-refractivity contribution in [3.8, 4) is 0 Å². The third-order valence-electron chi connectivity index (χ3n) is 2.03. The van der Waals surface area contributed by atoms with Crippen molar-refractivity contribution in [2.75, 3.05) is 6.54 Å². The lowest BCUT2D eigenvalue weighted by Gasteiger charge is -2.15. The summed E-state index contributed by atoms with van der Waals surface area (Å²) < 4.78 is 0. The first kappa shape index (κ1) is 9.26. The van der Waals surface area contributed by atoms with Crippen LogP contribution in [0.1, 0.15) is 29.5 Å². The van der Waals surface area contributed by atoms with E-state index in [1.165, 1.54) is 0 Å². The Morgan fingerprint density at radius 2 is 2.25 bits per heavy atom. The molecule has 3 heteroatoms. The molecule has 0 aromatic heterocycles. The monoisotopic (exact) mass is 172 g/mol. The molecule has 0 heterocycles. The fourth-order valence-corrected chi connectivity index (χ4v) is 1.26. The molecular weight excluding hydrogens is 152 g/mol. The summed E-state index contributed by atoms with van der Waals surface area (Å²) in [5.41, 5.74) is 0.442. The van der Waals surface area contributed by atoms with E-state index in [4.69, 9.17) is 0 Å². The first-order valence-electron chi connectivity index (χ1n) is 4.33. The Morgan fingerprint density at radius 1 is 1.67 bits per heavy atom. The number of allylic oxidation sites excluding steroid dienone is 1. The Bertz CT molecular complexity index is 215. The maximum Gasteiger partial charge on any atom is 0.244 e. The number of hydrogen-bond donors (Lipinski definition) is 2. The molecule has 0 atom stereocenters. The highest BCUT2D eigenvalue weighted by Crippen LogP contribution is 2.35. The summed E-state index contributed by atoms with van der Waals surface area (Å²) in [6.07, 6.45) is 1.89. The summed E-state index contributed by atoms with van der Waals surface area (Å²) >= 11 is 0. The fourth-order valence-electron chi connectivity index (χ4n) is 1.26. The van der Waals surface area contributed by atoms with Crippen molar-refractivity contribution in [2.45, 2.75) is 32.2 Å². The summed E-state index contributed by atoms with van der Waals surface area (Å²) in [7, 11) is 0. The molecule has 0 saturated heterocycles. The van der Waals surface area contributed by atoms with Gasteiger partial charge in [-0.05, 0) is 26.3 Å². The second kappa shape index (κ2) is 3.27. The van der Waals surface area contributed by atoms with Crippen molar-refractivity contribution < 1.29 is 7.65 Å². The lowest BCUT2D eigenvalue weighted by atomic mass is 10.2. The SMILES string of the molecule is C=C(C)NC(=O)C1(NCC)CC1.[HH].[HH]. The molecule has 72 valence electrons. The normalized spacial score (nSPS) is 18.5. The van der Waals surface area contributed by atoms with Crippen LogP contribution in [-0.4, -0.2) is 18.0 Å². The zero-order chi connectivity index (χ0) is 9.19. The van der Waals surface area contributed by atoms with Gasteiger partial charge >= 0.3 is 0 Å². The zero-order valence-electron chi connectivity index (χ0n) is 7.74. The molecule has 0 bridgehead atoms. The van der Waals surface area contributed by atoms with Crippen LogP contribution in [0.5, 0.6) is 0 Å². The standard InChI is InChI=1S/C9H16N2O.2H2/c1-4-10-9(5-6-9)8(12)11-7(2)3;;/h10H,2,4-6H2,1,3H3,(H,11,12);2*1H. The van der Waals surface area contributed by atoms with E-state index in [1.807, 2.05) is 6.92 Å². The molecule has 12 heavy (non-hydrogen) atoms. The van der Waals surface area contributed by atoms with Crippen molar-refractivity contribution in [2.24, 2.45) is 0 Å². The third kappa shape index (κ3) is 1.85. The molecule has 0 aromatic carbocycles. The lowest BCUT2D eigenvalue weighted by molar-refractivity contribution is -0.123. The molecule has 0 aromatic rings. The van der Waals surface area contributed by atoms with Crippen molar-refractivity contribution in [1.82, 2.24) is 10.6 Å². The van der Waals surface area contributed by atoms with Crippen LogP contribution in [0.4, 0.5) is 0 Å². The quantitative estimate of drug-likeness (QED) is 0.670. The predicted octanol–water partition coefficient (Wildman–Crippen LogP) is 1.27. The van der Waals surface area contributed by atoms with E-state index in [0.29, 0.717) is 5.70 Å². The molecule has 1 aliphatic rings. The van der Waals surface area contributed by atoms with Gasteiger partial charge in [0.15, 0.2) is 0 Å². The van der Waals surface area contributed by atoms with Gasteiger partial charge in [-0.2, -0.15) is 0 Å². The Labute approximate surface area is 76.2 Å². The fraction of sp³-hybridized carbons (Fsp3) is 0.667. The van der Waals surface area contributed by atoms with Gasteiger partial charge in [0.2, 0.25) is 5.91 Å². The van der Waals surface area contributed by atoms with Gasteiger partial charge in [0.25, 0.3) is 0 Å². The van der Waals surface area contributed by atoms with Crippen molar-refractivity contribution in [3.05, 3.63) is 12.3 Å². The van der Waals surface area contributed by atoms with E-state index < -0.39 is 0 Å². The Hall–Kier alpha value is -0.830. The van der Waals surface area contributed by atoms with Gasteiger partial charge in [-0.25, -0.2) is 0 Å². The maximum absolute atomic E-state index is 11.5. The zero-order valence-corrected chi connectivity index (χ0v) is 7.74. The van der Waals surface area contributed by atoms with E-state index in [2.05, 4.69) is 17.2 Å². The van der Waals surface area contributed by atoms with Crippen LogP contribution in [0.15, 0.2) is 12.3 Å². The molecular formula is C9H20N2O. The minimum atomic E-state index is -0.270. The van der Waals surface area contributed by atoms with E-state index >= 15 is 0 Å². The van der Waals surface area contributed by atoms with Crippen LogP contribution in [0.3, 0.4) is 0 Å². The second-order valence-electron chi connectivity index (χ2n) is 3.35. The minimum absolute atomic E-state index is 0. The van der Waals surface area contributed by atoms with Crippen LogP contribution >= 0.6 is 0 Å². The van der Waals surface area contributed by atoms with Crippen molar-refractivity contribution >= 4 is 5.91 Å². The molecule has 2 N–H and O–H groups in total. The molecule has 1 amide bonds. The van der Waals surface area contributed by atoms with Gasteiger partial charge in [0.05, 0.1) is 5.54 Å². The number of rotatable bonds is 4. The molecule has 1 rings (SSSR count). The number of carbonyl (C=O) groups is 1. The number of nitrogens with one attached hydrogen (secondary N) is 2. The van der Waals surface area contributed by atoms with E-state index in [0.717, 1.165) is 19.4 Å². The molecule has 1 fully saturated rings. The van der Waals surface area contributed by atoms with Gasteiger partial charge in [0, 0.05) is 8.55 Å². The van der Waals surface area contributed by atoms with Gasteiger partial charge in [-0.3, -0.25) is 4.79 Å². The number of hydrogen-bond acceptors (Lipinski definition) is 2. The van der Waals surface area contributed by atoms with Gasteiger partial charge in [-0.1, -0.05) is 13.5 Å². The lowest BCUT2D eigenvalue weighted by Crippen LogP contribution is -2.45. The average molecular weight is 172 g/mol. The number of carbonyl (C=O) groups excluding carboxylic acids is 1. The predicted molar refractivity (Wildman–Crippen MR) is 52.8 cm³/mol. The minimum Gasteiger partial charge on any atom is -0.329 e. The van der Waals surface area contributed by atoms with Gasteiger partial charge in [0.1, 0.15) is 0 Å². The highest BCUT2D eigenvalue weighted by molar-refractivity contribution is 5.90.